The van der Waals surface area contributed by atoms with E-state index < -0.39 is 10.0 Å². The van der Waals surface area contributed by atoms with E-state index in [9.17, 15) is 8.42 Å². The average Bonchev–Trinajstić information content (AvgIpc) is 2.39. The molecular formula is C13H16N2O2S2. The molecule has 0 aliphatic carbocycles. The maximum Gasteiger partial charge on any atom is 0.243 e. The van der Waals surface area contributed by atoms with Gasteiger partial charge in [-0.05, 0) is 31.5 Å². The minimum Gasteiger partial charge on any atom is -0.207 e. The molecule has 6 heteroatoms. The lowest BCUT2D eigenvalue weighted by atomic mass is 10.2. The van der Waals surface area contributed by atoms with Gasteiger partial charge in [0.15, 0.2) is 0 Å². The molecular weight excluding hydrogens is 280 g/mol. The summed E-state index contributed by atoms with van der Waals surface area (Å²) in [6.45, 7) is 4.22. The number of nitriles is 1. The van der Waals surface area contributed by atoms with Gasteiger partial charge in [-0.2, -0.15) is 21.3 Å². The SMILES string of the molecule is Cc1ccc(C#N)cc1S(=O)(=O)N1CCSCC1C. The van der Waals surface area contributed by atoms with Crippen LogP contribution in [-0.4, -0.2) is 36.8 Å². The van der Waals surface area contributed by atoms with Crippen LogP contribution in [0.1, 0.15) is 18.1 Å². The van der Waals surface area contributed by atoms with E-state index >= 15 is 0 Å². The van der Waals surface area contributed by atoms with E-state index in [1.807, 2.05) is 13.0 Å². The van der Waals surface area contributed by atoms with E-state index in [2.05, 4.69) is 0 Å². The topological polar surface area (TPSA) is 61.2 Å². The van der Waals surface area contributed by atoms with Crippen molar-refractivity contribution in [3.63, 3.8) is 0 Å². The van der Waals surface area contributed by atoms with Crippen LogP contribution in [0.5, 0.6) is 0 Å². The van der Waals surface area contributed by atoms with Gasteiger partial charge in [0.25, 0.3) is 0 Å². The van der Waals surface area contributed by atoms with E-state index in [1.165, 1.54) is 6.07 Å². The lowest BCUT2D eigenvalue weighted by molar-refractivity contribution is 0.367. The molecule has 1 aromatic carbocycles. The fraction of sp³-hybridized carbons (Fsp3) is 0.462. The molecule has 1 atom stereocenters. The standard InChI is InChI=1S/C13H16N2O2S2/c1-10-3-4-12(8-14)7-13(10)19(16,17)15-5-6-18-9-11(15)2/h3-4,7,11H,5-6,9H2,1-2H3. The Morgan fingerprint density at radius 3 is 2.84 bits per heavy atom. The van der Waals surface area contributed by atoms with Crippen molar-refractivity contribution in [2.45, 2.75) is 24.8 Å². The number of benzene rings is 1. The number of rotatable bonds is 2. The minimum absolute atomic E-state index is 0.00566. The van der Waals surface area contributed by atoms with Gasteiger partial charge < -0.3 is 0 Å². The number of aryl methyl sites for hydroxylation is 1. The largest absolute Gasteiger partial charge is 0.243 e. The van der Waals surface area contributed by atoms with Crippen LogP contribution < -0.4 is 0 Å². The van der Waals surface area contributed by atoms with E-state index in [0.717, 1.165) is 11.5 Å². The molecule has 1 aliphatic heterocycles. The Morgan fingerprint density at radius 1 is 1.47 bits per heavy atom. The second kappa shape index (κ2) is 5.53. The first-order valence-corrected chi connectivity index (χ1v) is 8.66. The molecule has 19 heavy (non-hydrogen) atoms. The highest BCUT2D eigenvalue weighted by Gasteiger charge is 2.32. The summed E-state index contributed by atoms with van der Waals surface area (Å²) in [7, 11) is -3.51. The van der Waals surface area contributed by atoms with E-state index in [1.54, 1.807) is 35.1 Å². The third-order valence-electron chi connectivity index (χ3n) is 3.21. The van der Waals surface area contributed by atoms with Crippen molar-refractivity contribution >= 4 is 21.8 Å². The number of hydrogen-bond acceptors (Lipinski definition) is 4. The highest BCUT2D eigenvalue weighted by molar-refractivity contribution is 7.99. The summed E-state index contributed by atoms with van der Waals surface area (Å²) in [5, 5.41) is 8.92. The lowest BCUT2D eigenvalue weighted by Gasteiger charge is -2.32. The van der Waals surface area contributed by atoms with Gasteiger partial charge in [-0.25, -0.2) is 8.42 Å². The van der Waals surface area contributed by atoms with Crippen molar-refractivity contribution < 1.29 is 8.42 Å². The Balaban J connectivity index is 2.47. The molecule has 1 aliphatic rings. The predicted octanol–water partition coefficient (Wildman–Crippen LogP) is 1.99. The van der Waals surface area contributed by atoms with Crippen LogP contribution in [0.2, 0.25) is 0 Å². The summed E-state index contributed by atoms with van der Waals surface area (Å²) in [5.74, 6) is 1.64. The number of thioether (sulfide) groups is 1. The van der Waals surface area contributed by atoms with Crippen LogP contribution in [0.25, 0.3) is 0 Å². The zero-order chi connectivity index (χ0) is 14.0. The summed E-state index contributed by atoms with van der Waals surface area (Å²) >= 11 is 1.77. The van der Waals surface area contributed by atoms with Crippen molar-refractivity contribution in [3.05, 3.63) is 29.3 Å². The summed E-state index contributed by atoms with van der Waals surface area (Å²) in [6.07, 6.45) is 0. The molecule has 4 nitrogen and oxygen atoms in total. The molecule has 1 heterocycles. The molecule has 0 N–H and O–H groups in total. The third-order valence-corrected chi connectivity index (χ3v) is 6.56. The van der Waals surface area contributed by atoms with Gasteiger partial charge in [0.1, 0.15) is 0 Å². The molecule has 0 spiro atoms. The quantitative estimate of drug-likeness (QED) is 0.837. The van der Waals surface area contributed by atoms with Crippen LogP contribution in [0.3, 0.4) is 0 Å². The fourth-order valence-corrected chi connectivity index (χ4v) is 5.25. The normalized spacial score (nSPS) is 21.0. The summed E-state index contributed by atoms with van der Waals surface area (Å²) in [4.78, 5) is 0.255. The summed E-state index contributed by atoms with van der Waals surface area (Å²) < 4.78 is 26.9. The van der Waals surface area contributed by atoms with Crippen molar-refractivity contribution in [1.29, 1.82) is 5.26 Å². The fourth-order valence-electron chi connectivity index (χ4n) is 2.14. The van der Waals surface area contributed by atoms with Crippen molar-refractivity contribution in [3.8, 4) is 6.07 Å². The second-order valence-electron chi connectivity index (χ2n) is 4.63. The maximum absolute atomic E-state index is 12.7. The highest BCUT2D eigenvalue weighted by atomic mass is 32.2. The first kappa shape index (κ1) is 14.4. The van der Waals surface area contributed by atoms with Gasteiger partial charge in [-0.15, -0.1) is 0 Å². The first-order valence-electron chi connectivity index (χ1n) is 6.07. The summed E-state index contributed by atoms with van der Waals surface area (Å²) in [5.41, 5.74) is 1.06. The van der Waals surface area contributed by atoms with Crippen molar-refractivity contribution in [1.82, 2.24) is 4.31 Å². The average molecular weight is 296 g/mol. The molecule has 1 fully saturated rings. The molecule has 102 valence electrons. The Kier molecular flexibility index (Phi) is 4.19. The highest BCUT2D eigenvalue weighted by Crippen LogP contribution is 2.26. The number of nitrogens with zero attached hydrogens (tertiary/aromatic N) is 2. The number of sulfonamides is 1. The molecule has 1 aromatic rings. The van der Waals surface area contributed by atoms with Gasteiger partial charge in [0, 0.05) is 24.1 Å². The van der Waals surface area contributed by atoms with E-state index in [0.29, 0.717) is 17.7 Å². The molecule has 0 radical (unpaired) electrons. The molecule has 0 amide bonds. The Labute approximate surface area is 118 Å². The molecule has 1 unspecified atom stereocenters. The van der Waals surface area contributed by atoms with E-state index in [4.69, 9.17) is 5.26 Å². The van der Waals surface area contributed by atoms with Crippen LogP contribution >= 0.6 is 11.8 Å². The van der Waals surface area contributed by atoms with Gasteiger partial charge in [0.2, 0.25) is 10.0 Å². The molecule has 0 aromatic heterocycles. The molecule has 0 bridgehead atoms. The first-order chi connectivity index (χ1) is 8.96. The van der Waals surface area contributed by atoms with Gasteiger partial charge in [-0.1, -0.05) is 6.07 Å². The Bertz CT molecular complexity index is 620. The summed E-state index contributed by atoms with van der Waals surface area (Å²) in [6, 6.07) is 6.79. The van der Waals surface area contributed by atoms with Crippen LogP contribution in [-0.2, 0) is 10.0 Å². The monoisotopic (exact) mass is 296 g/mol. The predicted molar refractivity (Wildman–Crippen MR) is 76.6 cm³/mol. The van der Waals surface area contributed by atoms with Gasteiger partial charge >= 0.3 is 0 Å². The second-order valence-corrected chi connectivity index (χ2v) is 7.64. The maximum atomic E-state index is 12.7. The van der Waals surface area contributed by atoms with Crippen LogP contribution in [0, 0.1) is 18.3 Å². The third kappa shape index (κ3) is 2.78. The minimum atomic E-state index is -3.51. The van der Waals surface area contributed by atoms with Crippen molar-refractivity contribution in [2.75, 3.05) is 18.1 Å². The van der Waals surface area contributed by atoms with E-state index in [-0.39, 0.29) is 10.9 Å². The van der Waals surface area contributed by atoms with Gasteiger partial charge in [-0.3, -0.25) is 0 Å². The van der Waals surface area contributed by atoms with Gasteiger partial charge in [0.05, 0.1) is 16.5 Å². The lowest BCUT2D eigenvalue weighted by Crippen LogP contribution is -2.44. The Morgan fingerprint density at radius 2 is 2.21 bits per heavy atom. The molecule has 0 saturated carbocycles. The zero-order valence-electron chi connectivity index (χ0n) is 11.0. The van der Waals surface area contributed by atoms with Crippen LogP contribution in [0.15, 0.2) is 23.1 Å². The zero-order valence-corrected chi connectivity index (χ0v) is 12.6. The van der Waals surface area contributed by atoms with Crippen molar-refractivity contribution in [2.24, 2.45) is 0 Å². The Hall–Kier alpha value is -1.03. The van der Waals surface area contributed by atoms with Crippen LogP contribution in [0.4, 0.5) is 0 Å². The number of hydrogen-bond donors (Lipinski definition) is 0. The molecule has 1 saturated heterocycles. The smallest absolute Gasteiger partial charge is 0.207 e. The molecule has 2 rings (SSSR count).